The number of H-pyrrole nitrogens is 1. The van der Waals surface area contributed by atoms with E-state index >= 15 is 0 Å². The van der Waals surface area contributed by atoms with Crippen LogP contribution in [0.25, 0.3) is 0 Å². The van der Waals surface area contributed by atoms with Crippen LogP contribution in [0, 0.1) is 0 Å². The predicted octanol–water partition coefficient (Wildman–Crippen LogP) is 2.18. The third-order valence-electron chi connectivity index (χ3n) is 5.58. The first-order chi connectivity index (χ1) is 12.1. The number of hydrogen-bond donors (Lipinski definition) is 1. The summed E-state index contributed by atoms with van der Waals surface area (Å²) < 4.78 is 1.98. The molecule has 0 atom stereocenters. The van der Waals surface area contributed by atoms with Gasteiger partial charge in [-0.1, -0.05) is 12.8 Å². The van der Waals surface area contributed by atoms with Crippen molar-refractivity contribution >= 4 is 5.91 Å². The zero-order valence-electron chi connectivity index (χ0n) is 14.6. The molecule has 0 radical (unpaired) electrons. The van der Waals surface area contributed by atoms with E-state index in [-0.39, 0.29) is 17.5 Å². The van der Waals surface area contributed by atoms with Crippen LogP contribution in [0.3, 0.4) is 0 Å². The fourth-order valence-electron chi connectivity index (χ4n) is 4.28. The van der Waals surface area contributed by atoms with Crippen molar-refractivity contribution in [1.29, 1.82) is 0 Å². The zero-order valence-corrected chi connectivity index (χ0v) is 14.6. The predicted molar refractivity (Wildman–Crippen MR) is 94.4 cm³/mol. The van der Waals surface area contributed by atoms with Gasteiger partial charge in [0.1, 0.15) is 0 Å². The Kier molecular flexibility index (Phi) is 4.19. The molecule has 1 fully saturated rings. The molecule has 0 aliphatic heterocycles. The lowest BCUT2D eigenvalue weighted by atomic mass is 10.1. The summed E-state index contributed by atoms with van der Waals surface area (Å²) in [7, 11) is 2.00. The van der Waals surface area contributed by atoms with Gasteiger partial charge in [-0.2, -0.15) is 5.10 Å². The van der Waals surface area contributed by atoms with Crippen molar-refractivity contribution in [2.24, 2.45) is 7.05 Å². The SMILES string of the molecule is Cn1nc(CN(C(=O)c2ccc(=O)[nH]c2)C2CCCC2)c2c1CCC2. The van der Waals surface area contributed by atoms with Crippen LogP contribution in [-0.2, 0) is 26.4 Å². The highest BCUT2D eigenvalue weighted by Crippen LogP contribution is 2.30. The third-order valence-corrected chi connectivity index (χ3v) is 5.58. The Morgan fingerprint density at radius 3 is 2.80 bits per heavy atom. The van der Waals surface area contributed by atoms with E-state index in [0.29, 0.717) is 12.1 Å². The van der Waals surface area contributed by atoms with Gasteiger partial charge < -0.3 is 9.88 Å². The van der Waals surface area contributed by atoms with Crippen LogP contribution in [0.15, 0.2) is 23.1 Å². The highest BCUT2D eigenvalue weighted by atomic mass is 16.2. The van der Waals surface area contributed by atoms with Gasteiger partial charge in [0.25, 0.3) is 5.91 Å². The largest absolute Gasteiger partial charge is 0.330 e. The van der Waals surface area contributed by atoms with E-state index in [9.17, 15) is 9.59 Å². The summed E-state index contributed by atoms with van der Waals surface area (Å²) in [6, 6.07) is 3.29. The average molecular weight is 340 g/mol. The maximum atomic E-state index is 13.1. The molecule has 2 aromatic rings. The van der Waals surface area contributed by atoms with Crippen LogP contribution in [0.2, 0.25) is 0 Å². The molecule has 1 amide bonds. The van der Waals surface area contributed by atoms with Gasteiger partial charge >= 0.3 is 0 Å². The summed E-state index contributed by atoms with van der Waals surface area (Å²) >= 11 is 0. The van der Waals surface area contributed by atoms with Crippen molar-refractivity contribution in [3.63, 3.8) is 0 Å². The topological polar surface area (TPSA) is 71.0 Å². The number of hydrogen-bond acceptors (Lipinski definition) is 3. The first kappa shape index (κ1) is 16.1. The van der Waals surface area contributed by atoms with E-state index in [1.54, 1.807) is 6.07 Å². The van der Waals surface area contributed by atoms with Gasteiger partial charge in [0.2, 0.25) is 5.56 Å². The molecule has 1 N–H and O–H groups in total. The number of carbonyl (C=O) groups excluding carboxylic acids is 1. The highest BCUT2D eigenvalue weighted by molar-refractivity contribution is 5.94. The van der Waals surface area contributed by atoms with Gasteiger partial charge in [0.05, 0.1) is 17.8 Å². The Hall–Kier alpha value is -2.37. The number of aromatic amines is 1. The van der Waals surface area contributed by atoms with Gasteiger partial charge in [0, 0.05) is 31.0 Å². The minimum absolute atomic E-state index is 0.0134. The Balaban J connectivity index is 1.64. The van der Waals surface area contributed by atoms with E-state index in [2.05, 4.69) is 4.98 Å². The lowest BCUT2D eigenvalue weighted by molar-refractivity contribution is 0.0660. The minimum Gasteiger partial charge on any atom is -0.330 e. The lowest BCUT2D eigenvalue weighted by Crippen LogP contribution is -2.39. The van der Waals surface area contributed by atoms with Gasteiger partial charge in [-0.25, -0.2) is 0 Å². The van der Waals surface area contributed by atoms with E-state index in [0.717, 1.165) is 31.4 Å². The standard InChI is InChI=1S/C19H24N4O2/c1-22-17-8-4-7-15(17)16(21-22)12-23(14-5-2-3-6-14)19(25)13-9-10-18(24)20-11-13/h9-11,14H,2-8,12H2,1H3,(H,20,24). The molecular formula is C19H24N4O2. The Labute approximate surface area is 146 Å². The number of aryl methyl sites for hydroxylation is 1. The molecule has 2 aliphatic carbocycles. The molecule has 25 heavy (non-hydrogen) atoms. The Bertz CT molecular complexity index is 825. The maximum Gasteiger partial charge on any atom is 0.255 e. The summed E-state index contributed by atoms with van der Waals surface area (Å²) in [5.74, 6) is -0.0134. The monoisotopic (exact) mass is 340 g/mol. The number of amides is 1. The molecule has 6 nitrogen and oxygen atoms in total. The number of nitrogens with one attached hydrogen (secondary N) is 1. The van der Waals surface area contributed by atoms with E-state index in [4.69, 9.17) is 5.10 Å². The fraction of sp³-hybridized carbons (Fsp3) is 0.526. The number of fused-ring (bicyclic) bond motifs is 1. The minimum atomic E-state index is -0.188. The number of carbonyl (C=O) groups is 1. The molecule has 2 aromatic heterocycles. The van der Waals surface area contributed by atoms with Gasteiger partial charge in [-0.15, -0.1) is 0 Å². The summed E-state index contributed by atoms with van der Waals surface area (Å²) in [6.07, 6.45) is 9.26. The molecule has 1 saturated carbocycles. The van der Waals surface area contributed by atoms with Crippen molar-refractivity contribution < 1.29 is 4.79 Å². The average Bonchev–Trinajstić information content (AvgIpc) is 3.33. The maximum absolute atomic E-state index is 13.1. The molecule has 0 spiro atoms. The summed E-state index contributed by atoms with van der Waals surface area (Å²) in [5, 5.41) is 4.70. The molecule has 0 unspecified atom stereocenters. The normalized spacial score (nSPS) is 17.0. The quantitative estimate of drug-likeness (QED) is 0.927. The highest BCUT2D eigenvalue weighted by Gasteiger charge is 2.30. The van der Waals surface area contributed by atoms with Crippen molar-refractivity contribution in [3.05, 3.63) is 51.2 Å². The molecule has 0 saturated heterocycles. The van der Waals surface area contributed by atoms with E-state index in [1.807, 2.05) is 16.6 Å². The van der Waals surface area contributed by atoms with Crippen molar-refractivity contribution in [2.45, 2.75) is 57.5 Å². The number of pyridine rings is 1. The van der Waals surface area contributed by atoms with Crippen molar-refractivity contribution in [1.82, 2.24) is 19.7 Å². The first-order valence-electron chi connectivity index (χ1n) is 9.17. The second-order valence-corrected chi connectivity index (χ2v) is 7.16. The Morgan fingerprint density at radius 2 is 2.08 bits per heavy atom. The van der Waals surface area contributed by atoms with Crippen LogP contribution in [0.5, 0.6) is 0 Å². The molecular weight excluding hydrogens is 316 g/mol. The second-order valence-electron chi connectivity index (χ2n) is 7.16. The van der Waals surface area contributed by atoms with Crippen LogP contribution in [0.1, 0.15) is 59.4 Å². The number of aromatic nitrogens is 3. The van der Waals surface area contributed by atoms with Crippen LogP contribution >= 0.6 is 0 Å². The molecule has 2 heterocycles. The molecule has 0 aromatic carbocycles. The molecule has 2 aliphatic rings. The van der Waals surface area contributed by atoms with E-state index < -0.39 is 0 Å². The van der Waals surface area contributed by atoms with Crippen LogP contribution < -0.4 is 5.56 Å². The van der Waals surface area contributed by atoms with Crippen molar-refractivity contribution in [3.8, 4) is 0 Å². The smallest absolute Gasteiger partial charge is 0.255 e. The summed E-state index contributed by atoms with van der Waals surface area (Å²) in [6.45, 7) is 0.561. The third kappa shape index (κ3) is 3.01. The molecule has 0 bridgehead atoms. The van der Waals surface area contributed by atoms with Gasteiger partial charge in [0.15, 0.2) is 0 Å². The molecule has 132 valence electrons. The zero-order chi connectivity index (χ0) is 17.4. The van der Waals surface area contributed by atoms with Crippen LogP contribution in [0.4, 0.5) is 0 Å². The second kappa shape index (κ2) is 6.50. The van der Waals surface area contributed by atoms with Crippen LogP contribution in [-0.4, -0.2) is 31.6 Å². The van der Waals surface area contributed by atoms with Gasteiger partial charge in [-0.3, -0.25) is 14.3 Å². The molecule has 6 heteroatoms. The van der Waals surface area contributed by atoms with E-state index in [1.165, 1.54) is 42.8 Å². The molecule has 4 rings (SSSR count). The lowest BCUT2D eigenvalue weighted by Gasteiger charge is -2.28. The van der Waals surface area contributed by atoms with Gasteiger partial charge in [-0.05, 0) is 43.7 Å². The first-order valence-corrected chi connectivity index (χ1v) is 9.17. The van der Waals surface area contributed by atoms with Crippen molar-refractivity contribution in [2.75, 3.05) is 0 Å². The number of rotatable bonds is 4. The Morgan fingerprint density at radius 1 is 1.28 bits per heavy atom. The number of nitrogens with zero attached hydrogens (tertiary/aromatic N) is 3. The summed E-state index contributed by atoms with van der Waals surface area (Å²) in [5.41, 5.74) is 4.04. The fourth-order valence-corrected chi connectivity index (χ4v) is 4.28. The summed E-state index contributed by atoms with van der Waals surface area (Å²) in [4.78, 5) is 29.0.